The molecule has 0 saturated carbocycles. The first-order chi connectivity index (χ1) is 11.7. The van der Waals surface area contributed by atoms with Gasteiger partial charge in [-0.1, -0.05) is 29.8 Å². The molecule has 1 aromatic heterocycles. The van der Waals surface area contributed by atoms with Crippen LogP contribution >= 0.6 is 11.6 Å². The molecule has 0 saturated heterocycles. The number of aromatic nitrogens is 1. The topological polar surface area (TPSA) is 51.2 Å². The van der Waals surface area contributed by atoms with Crippen LogP contribution < -0.4 is 10.1 Å². The number of amides is 1. The Morgan fingerprint density at radius 2 is 1.88 bits per heavy atom. The third-order valence-corrected chi connectivity index (χ3v) is 3.82. The molecule has 0 bridgehead atoms. The Balaban J connectivity index is 1.47. The molecule has 0 aliphatic heterocycles. The van der Waals surface area contributed by atoms with Crippen LogP contribution in [0.3, 0.4) is 0 Å². The lowest BCUT2D eigenvalue weighted by Crippen LogP contribution is -2.25. The highest BCUT2D eigenvalue weighted by atomic mass is 35.5. The minimum absolute atomic E-state index is 0.113. The van der Waals surface area contributed by atoms with Gasteiger partial charge in [-0.3, -0.25) is 9.78 Å². The molecule has 1 amide bonds. The molecule has 4 nitrogen and oxygen atoms in total. The number of para-hydroxylation sites is 1. The normalized spacial score (nSPS) is 10.5. The number of hydrogen-bond acceptors (Lipinski definition) is 3. The first kappa shape index (κ1) is 16.3. The largest absolute Gasteiger partial charge is 0.491 e. The lowest BCUT2D eigenvalue weighted by atomic mass is 10.2. The molecule has 0 fully saturated rings. The summed E-state index contributed by atoms with van der Waals surface area (Å²) in [5, 5.41) is 4.53. The molecule has 0 radical (unpaired) electrons. The summed E-state index contributed by atoms with van der Waals surface area (Å²) in [7, 11) is 0. The van der Waals surface area contributed by atoms with Crippen molar-refractivity contribution in [3.8, 4) is 5.75 Å². The average Bonchev–Trinajstić information content (AvgIpc) is 2.62. The average molecular weight is 341 g/mol. The van der Waals surface area contributed by atoms with E-state index in [1.165, 1.54) is 0 Å². The van der Waals surface area contributed by atoms with E-state index in [-0.39, 0.29) is 5.91 Å². The van der Waals surface area contributed by atoms with Crippen LogP contribution in [0.25, 0.3) is 10.9 Å². The molecule has 0 unspecified atom stereocenters. The van der Waals surface area contributed by atoms with Gasteiger partial charge >= 0.3 is 0 Å². The fraction of sp³-hybridized carbons (Fsp3) is 0.158. The van der Waals surface area contributed by atoms with Gasteiger partial charge in [-0.05, 0) is 42.8 Å². The second-order valence-corrected chi connectivity index (χ2v) is 5.73. The zero-order valence-electron chi connectivity index (χ0n) is 13.0. The number of pyridine rings is 1. The van der Waals surface area contributed by atoms with Crippen LogP contribution in [0.5, 0.6) is 5.75 Å². The molecule has 2 aromatic carbocycles. The maximum Gasteiger partial charge on any atom is 0.251 e. The summed E-state index contributed by atoms with van der Waals surface area (Å²) < 4.78 is 5.79. The summed E-state index contributed by atoms with van der Waals surface area (Å²) in [6, 6.07) is 16.6. The molecule has 3 aromatic rings. The minimum Gasteiger partial charge on any atom is -0.491 e. The van der Waals surface area contributed by atoms with Crippen LogP contribution in [-0.2, 0) is 0 Å². The van der Waals surface area contributed by atoms with Crippen LogP contribution in [-0.4, -0.2) is 24.0 Å². The van der Waals surface area contributed by atoms with Crippen molar-refractivity contribution in [1.82, 2.24) is 10.3 Å². The van der Waals surface area contributed by atoms with Crippen LogP contribution in [0, 0.1) is 0 Å². The van der Waals surface area contributed by atoms with Crippen molar-refractivity contribution in [1.29, 1.82) is 0 Å². The van der Waals surface area contributed by atoms with E-state index in [4.69, 9.17) is 16.3 Å². The number of carbonyl (C=O) groups excluding carboxylic acids is 1. The molecule has 0 aliphatic carbocycles. The first-order valence-corrected chi connectivity index (χ1v) is 8.12. The second kappa shape index (κ2) is 7.79. The highest BCUT2D eigenvalue weighted by Crippen LogP contribution is 2.22. The Bertz CT molecular complexity index is 829. The fourth-order valence-corrected chi connectivity index (χ4v) is 2.48. The summed E-state index contributed by atoms with van der Waals surface area (Å²) in [4.78, 5) is 16.3. The van der Waals surface area contributed by atoms with Crippen molar-refractivity contribution in [3.63, 3.8) is 0 Å². The van der Waals surface area contributed by atoms with Crippen LogP contribution in [0.2, 0.25) is 5.02 Å². The van der Waals surface area contributed by atoms with E-state index in [9.17, 15) is 4.79 Å². The lowest BCUT2D eigenvalue weighted by Gasteiger charge is -2.09. The number of ether oxygens (including phenoxy) is 1. The first-order valence-electron chi connectivity index (χ1n) is 7.74. The second-order valence-electron chi connectivity index (χ2n) is 5.30. The molecule has 0 aliphatic rings. The number of nitrogens with one attached hydrogen (secondary N) is 1. The number of fused-ring (bicyclic) bond motifs is 1. The van der Waals surface area contributed by atoms with Gasteiger partial charge in [0.25, 0.3) is 5.91 Å². The molecule has 1 heterocycles. The van der Waals surface area contributed by atoms with E-state index < -0.39 is 0 Å². The van der Waals surface area contributed by atoms with E-state index in [0.717, 1.165) is 16.7 Å². The van der Waals surface area contributed by atoms with Gasteiger partial charge in [0.15, 0.2) is 0 Å². The Morgan fingerprint density at radius 3 is 2.71 bits per heavy atom. The number of nitrogens with zero attached hydrogens (tertiary/aromatic N) is 1. The van der Waals surface area contributed by atoms with Gasteiger partial charge in [-0.25, -0.2) is 0 Å². The Labute approximate surface area is 145 Å². The Kier molecular flexibility index (Phi) is 5.29. The van der Waals surface area contributed by atoms with Crippen molar-refractivity contribution in [2.24, 2.45) is 0 Å². The maximum atomic E-state index is 12.0. The summed E-state index contributed by atoms with van der Waals surface area (Å²) in [5.74, 6) is 0.649. The minimum atomic E-state index is -0.113. The van der Waals surface area contributed by atoms with E-state index in [1.54, 1.807) is 30.5 Å². The molecule has 3 rings (SSSR count). The fourth-order valence-electron chi connectivity index (χ4n) is 2.35. The van der Waals surface area contributed by atoms with Gasteiger partial charge < -0.3 is 10.1 Å². The van der Waals surface area contributed by atoms with Gasteiger partial charge in [-0.2, -0.15) is 0 Å². The van der Waals surface area contributed by atoms with Crippen LogP contribution in [0.1, 0.15) is 16.8 Å². The highest BCUT2D eigenvalue weighted by Gasteiger charge is 2.05. The zero-order chi connectivity index (χ0) is 16.8. The third kappa shape index (κ3) is 4.03. The predicted octanol–water partition coefficient (Wildman–Crippen LogP) is 4.09. The lowest BCUT2D eigenvalue weighted by molar-refractivity contribution is 0.0951. The van der Waals surface area contributed by atoms with Crippen LogP contribution in [0.4, 0.5) is 0 Å². The molecule has 5 heteroatoms. The number of hydrogen-bond donors (Lipinski definition) is 1. The molecule has 0 atom stereocenters. The SMILES string of the molecule is O=C(NCCCOc1cccc2cccnc12)c1ccc(Cl)cc1. The van der Waals surface area contributed by atoms with Crippen molar-refractivity contribution < 1.29 is 9.53 Å². The van der Waals surface area contributed by atoms with Crippen molar-refractivity contribution in [2.75, 3.05) is 13.2 Å². The summed E-state index contributed by atoms with van der Waals surface area (Å²) in [6.07, 6.45) is 2.46. The Morgan fingerprint density at radius 1 is 1.08 bits per heavy atom. The number of carbonyl (C=O) groups is 1. The van der Waals surface area contributed by atoms with Gasteiger partial charge in [0.1, 0.15) is 11.3 Å². The van der Waals surface area contributed by atoms with Crippen molar-refractivity contribution >= 4 is 28.4 Å². The molecule has 1 N–H and O–H groups in total. The monoisotopic (exact) mass is 340 g/mol. The zero-order valence-corrected chi connectivity index (χ0v) is 13.8. The van der Waals surface area contributed by atoms with E-state index in [1.807, 2.05) is 30.3 Å². The van der Waals surface area contributed by atoms with Gasteiger partial charge in [-0.15, -0.1) is 0 Å². The van der Waals surface area contributed by atoms with Gasteiger partial charge in [0.2, 0.25) is 0 Å². The van der Waals surface area contributed by atoms with E-state index in [2.05, 4.69) is 10.3 Å². The maximum absolute atomic E-state index is 12.0. The standard InChI is InChI=1S/C19H17ClN2O2/c20-16-9-7-15(8-10-16)19(23)22-12-3-13-24-17-6-1-4-14-5-2-11-21-18(14)17/h1-2,4-11H,3,12-13H2,(H,22,23). The third-order valence-electron chi connectivity index (χ3n) is 3.57. The van der Waals surface area contributed by atoms with Gasteiger partial charge in [0.05, 0.1) is 6.61 Å². The molecule has 122 valence electrons. The number of halogens is 1. The quantitative estimate of drug-likeness (QED) is 0.688. The van der Waals surface area contributed by atoms with Crippen LogP contribution in [0.15, 0.2) is 60.8 Å². The summed E-state index contributed by atoms with van der Waals surface area (Å²) in [5.41, 5.74) is 1.45. The van der Waals surface area contributed by atoms with Crippen molar-refractivity contribution in [3.05, 3.63) is 71.4 Å². The highest BCUT2D eigenvalue weighted by molar-refractivity contribution is 6.30. The number of benzene rings is 2. The van der Waals surface area contributed by atoms with Crippen molar-refractivity contribution in [2.45, 2.75) is 6.42 Å². The van der Waals surface area contributed by atoms with E-state index in [0.29, 0.717) is 30.2 Å². The van der Waals surface area contributed by atoms with Gasteiger partial charge in [0, 0.05) is 28.7 Å². The summed E-state index contributed by atoms with van der Waals surface area (Å²) >= 11 is 5.81. The molecular weight excluding hydrogens is 324 g/mol. The van der Waals surface area contributed by atoms with E-state index >= 15 is 0 Å². The predicted molar refractivity (Wildman–Crippen MR) is 95.6 cm³/mol. The molecule has 24 heavy (non-hydrogen) atoms. The number of rotatable bonds is 6. The smallest absolute Gasteiger partial charge is 0.251 e. The molecular formula is C19H17ClN2O2. The summed E-state index contributed by atoms with van der Waals surface area (Å²) in [6.45, 7) is 1.05. The Hall–Kier alpha value is -2.59. The molecule has 0 spiro atoms.